The van der Waals surface area contributed by atoms with E-state index in [-0.39, 0.29) is 5.56 Å². The molecular formula is C11H17NO3Si. The Kier molecular flexibility index (Phi) is 3.72. The highest BCUT2D eigenvalue weighted by Crippen LogP contribution is 2.23. The van der Waals surface area contributed by atoms with E-state index in [1.165, 1.54) is 0 Å². The van der Waals surface area contributed by atoms with E-state index in [0.29, 0.717) is 12.3 Å². The van der Waals surface area contributed by atoms with Crippen LogP contribution in [0.1, 0.15) is 15.9 Å². The fourth-order valence-corrected chi connectivity index (χ4v) is 2.11. The monoisotopic (exact) mass is 239 g/mol. The quantitative estimate of drug-likeness (QED) is 0.789. The molecule has 1 aromatic rings. The van der Waals surface area contributed by atoms with E-state index in [0.717, 1.165) is 5.56 Å². The van der Waals surface area contributed by atoms with E-state index in [2.05, 4.69) is 0 Å². The molecule has 4 nitrogen and oxygen atoms in total. The van der Waals surface area contributed by atoms with Crippen molar-refractivity contribution < 1.29 is 14.3 Å². The molecule has 1 aromatic carbocycles. The second-order valence-electron chi connectivity index (χ2n) is 4.55. The first-order valence-corrected chi connectivity index (χ1v) is 8.49. The lowest BCUT2D eigenvalue weighted by atomic mass is 10.1. The van der Waals surface area contributed by atoms with Gasteiger partial charge in [0.25, 0.3) is 0 Å². The lowest BCUT2D eigenvalue weighted by molar-refractivity contribution is 0.0695. The van der Waals surface area contributed by atoms with Crippen molar-refractivity contribution >= 4 is 14.3 Å². The summed E-state index contributed by atoms with van der Waals surface area (Å²) in [6.07, 6.45) is 0. The molecule has 0 aromatic heterocycles. The standard InChI is InChI=1S/C11H17NO3Si/c1-16(2,3)15-10-6-8(7-12)4-5-9(10)11(13)14/h4-6H,7,12H2,1-3H3,(H,13,14). The Morgan fingerprint density at radius 1 is 1.44 bits per heavy atom. The molecule has 0 aliphatic rings. The SMILES string of the molecule is C[Si](C)(C)Oc1cc(CN)ccc1C(=O)O. The Morgan fingerprint density at radius 2 is 2.06 bits per heavy atom. The summed E-state index contributed by atoms with van der Waals surface area (Å²) in [6, 6.07) is 4.96. The lowest BCUT2D eigenvalue weighted by Gasteiger charge is -2.21. The summed E-state index contributed by atoms with van der Waals surface area (Å²) in [5.74, 6) is -0.550. The highest BCUT2D eigenvalue weighted by atomic mass is 28.4. The van der Waals surface area contributed by atoms with E-state index >= 15 is 0 Å². The predicted octanol–water partition coefficient (Wildman–Crippen LogP) is 2.06. The first-order chi connectivity index (χ1) is 7.33. The summed E-state index contributed by atoms with van der Waals surface area (Å²) in [5.41, 5.74) is 6.58. The fourth-order valence-electron chi connectivity index (χ4n) is 1.28. The van der Waals surface area contributed by atoms with Crippen LogP contribution < -0.4 is 10.2 Å². The van der Waals surface area contributed by atoms with Gasteiger partial charge in [0, 0.05) is 6.54 Å². The summed E-state index contributed by atoms with van der Waals surface area (Å²) >= 11 is 0. The zero-order valence-corrected chi connectivity index (χ0v) is 10.8. The van der Waals surface area contributed by atoms with Crippen LogP contribution in [-0.2, 0) is 6.54 Å². The van der Waals surface area contributed by atoms with Crippen LogP contribution in [0.25, 0.3) is 0 Å². The number of aromatic carboxylic acids is 1. The molecule has 88 valence electrons. The average molecular weight is 239 g/mol. The van der Waals surface area contributed by atoms with Crippen molar-refractivity contribution in [1.29, 1.82) is 0 Å². The molecule has 3 N–H and O–H groups in total. The molecule has 0 bridgehead atoms. The molecule has 0 unspecified atom stereocenters. The van der Waals surface area contributed by atoms with Crippen LogP contribution in [0, 0.1) is 0 Å². The van der Waals surface area contributed by atoms with E-state index in [9.17, 15) is 4.79 Å². The molecule has 0 fully saturated rings. The number of benzene rings is 1. The van der Waals surface area contributed by atoms with Gasteiger partial charge in [0.15, 0.2) is 0 Å². The van der Waals surface area contributed by atoms with Crippen LogP contribution in [0.4, 0.5) is 0 Å². The largest absolute Gasteiger partial charge is 0.544 e. The molecule has 0 saturated heterocycles. The zero-order chi connectivity index (χ0) is 12.3. The van der Waals surface area contributed by atoms with Crippen molar-refractivity contribution in [1.82, 2.24) is 0 Å². The van der Waals surface area contributed by atoms with Gasteiger partial charge in [-0.2, -0.15) is 0 Å². The molecule has 1 rings (SSSR count). The number of hydrogen-bond acceptors (Lipinski definition) is 3. The minimum Gasteiger partial charge on any atom is -0.544 e. The highest BCUT2D eigenvalue weighted by Gasteiger charge is 2.20. The molecule has 5 heteroatoms. The number of hydrogen-bond donors (Lipinski definition) is 2. The molecule has 0 heterocycles. The van der Waals surface area contributed by atoms with Gasteiger partial charge in [0.1, 0.15) is 5.75 Å². The van der Waals surface area contributed by atoms with Crippen molar-refractivity contribution in [2.24, 2.45) is 5.73 Å². The van der Waals surface area contributed by atoms with Crippen LogP contribution >= 0.6 is 0 Å². The third kappa shape index (κ3) is 3.36. The Hall–Kier alpha value is -1.33. The third-order valence-electron chi connectivity index (χ3n) is 1.93. The van der Waals surface area contributed by atoms with Crippen LogP contribution in [0.2, 0.25) is 19.6 Å². The van der Waals surface area contributed by atoms with Gasteiger partial charge in [-0.05, 0) is 37.3 Å². The van der Waals surface area contributed by atoms with Gasteiger partial charge in [-0.25, -0.2) is 4.79 Å². The maximum Gasteiger partial charge on any atom is 0.339 e. The first-order valence-electron chi connectivity index (χ1n) is 5.09. The summed E-state index contributed by atoms with van der Waals surface area (Å²) in [6.45, 7) is 6.40. The minimum absolute atomic E-state index is 0.194. The molecule has 0 amide bonds. The number of rotatable bonds is 4. The summed E-state index contributed by atoms with van der Waals surface area (Å²) in [7, 11) is -1.82. The van der Waals surface area contributed by atoms with Crippen molar-refractivity contribution in [3.63, 3.8) is 0 Å². The fraction of sp³-hybridized carbons (Fsp3) is 0.364. The van der Waals surface area contributed by atoms with Gasteiger partial charge in [0.2, 0.25) is 8.32 Å². The third-order valence-corrected chi connectivity index (χ3v) is 2.76. The van der Waals surface area contributed by atoms with Gasteiger partial charge >= 0.3 is 5.97 Å². The smallest absolute Gasteiger partial charge is 0.339 e. The maximum absolute atomic E-state index is 11.0. The van der Waals surface area contributed by atoms with Crippen LogP contribution in [-0.4, -0.2) is 19.4 Å². The zero-order valence-electron chi connectivity index (χ0n) is 9.78. The van der Waals surface area contributed by atoms with E-state index < -0.39 is 14.3 Å². The predicted molar refractivity (Wildman–Crippen MR) is 65.3 cm³/mol. The molecule has 0 radical (unpaired) electrons. The molecule has 16 heavy (non-hydrogen) atoms. The van der Waals surface area contributed by atoms with Gasteiger partial charge < -0.3 is 15.3 Å². The van der Waals surface area contributed by atoms with Gasteiger partial charge in [0.05, 0.1) is 5.56 Å². The van der Waals surface area contributed by atoms with Crippen molar-refractivity contribution in [2.45, 2.75) is 26.2 Å². The lowest BCUT2D eigenvalue weighted by Crippen LogP contribution is -2.30. The normalized spacial score (nSPS) is 11.2. The van der Waals surface area contributed by atoms with Gasteiger partial charge in [-0.15, -0.1) is 0 Å². The van der Waals surface area contributed by atoms with Crippen LogP contribution in [0.5, 0.6) is 5.75 Å². The van der Waals surface area contributed by atoms with Crippen molar-refractivity contribution in [3.8, 4) is 5.75 Å². The second-order valence-corrected chi connectivity index (χ2v) is 8.98. The number of carboxylic acid groups (broad SMARTS) is 1. The number of nitrogens with two attached hydrogens (primary N) is 1. The minimum atomic E-state index is -1.82. The molecule has 0 aliphatic carbocycles. The molecular weight excluding hydrogens is 222 g/mol. The van der Waals surface area contributed by atoms with E-state index in [4.69, 9.17) is 15.3 Å². The van der Waals surface area contributed by atoms with E-state index in [1.807, 2.05) is 19.6 Å². The summed E-state index contributed by atoms with van der Waals surface area (Å²) in [5, 5.41) is 9.03. The summed E-state index contributed by atoms with van der Waals surface area (Å²) < 4.78 is 5.74. The van der Waals surface area contributed by atoms with Gasteiger partial charge in [-0.3, -0.25) is 0 Å². The molecule has 0 atom stereocenters. The van der Waals surface area contributed by atoms with Gasteiger partial charge in [-0.1, -0.05) is 6.07 Å². The Labute approximate surface area is 96.2 Å². The molecule has 0 saturated carbocycles. The van der Waals surface area contributed by atoms with Crippen LogP contribution in [0.15, 0.2) is 18.2 Å². The number of carboxylic acids is 1. The van der Waals surface area contributed by atoms with Crippen LogP contribution in [0.3, 0.4) is 0 Å². The number of carbonyl (C=O) groups is 1. The Bertz CT molecular complexity index is 399. The van der Waals surface area contributed by atoms with Crippen molar-refractivity contribution in [3.05, 3.63) is 29.3 Å². The first kappa shape index (κ1) is 12.7. The van der Waals surface area contributed by atoms with Crippen molar-refractivity contribution in [2.75, 3.05) is 0 Å². The second kappa shape index (κ2) is 4.67. The molecule has 0 aliphatic heterocycles. The Balaban J connectivity index is 3.15. The topological polar surface area (TPSA) is 72.5 Å². The average Bonchev–Trinajstić information content (AvgIpc) is 2.14. The Morgan fingerprint density at radius 3 is 2.50 bits per heavy atom. The summed E-state index contributed by atoms with van der Waals surface area (Å²) in [4.78, 5) is 11.0. The maximum atomic E-state index is 11.0. The van der Waals surface area contributed by atoms with E-state index in [1.54, 1.807) is 18.2 Å². The highest BCUT2D eigenvalue weighted by molar-refractivity contribution is 6.70. The molecule has 0 spiro atoms.